The summed E-state index contributed by atoms with van der Waals surface area (Å²) in [5.74, 6) is -0.463. The number of carbonyl (C=O) groups is 1. The van der Waals surface area contributed by atoms with E-state index < -0.39 is 17.0 Å². The number of rotatable bonds is 5. The molecular weight excluding hydrogens is 303 g/mol. The molecule has 1 aromatic rings. The maximum atomic E-state index is 13.5. The van der Waals surface area contributed by atoms with Gasteiger partial charge in [0.2, 0.25) is 0 Å². The van der Waals surface area contributed by atoms with Gasteiger partial charge in [-0.3, -0.25) is 4.79 Å². The number of esters is 1. The highest BCUT2D eigenvalue weighted by Gasteiger charge is 2.58. The van der Waals surface area contributed by atoms with E-state index in [0.29, 0.717) is 10.6 Å². The van der Waals surface area contributed by atoms with E-state index >= 15 is 0 Å². The fraction of sp³-hybridized carbons (Fsp3) is 0.500. The van der Waals surface area contributed by atoms with Crippen molar-refractivity contribution in [2.75, 3.05) is 11.9 Å². The minimum absolute atomic E-state index is 0.00967. The molecule has 0 unspecified atom stereocenters. The van der Waals surface area contributed by atoms with Crippen LogP contribution in [0.1, 0.15) is 26.2 Å². The molecule has 0 saturated carbocycles. The molecular formula is C14H16F3NO2S. The Balaban J connectivity index is 2.06. The molecule has 1 atom stereocenters. The number of benzene rings is 1. The van der Waals surface area contributed by atoms with Crippen molar-refractivity contribution < 1.29 is 22.7 Å². The summed E-state index contributed by atoms with van der Waals surface area (Å²) in [7, 11) is 0. The van der Waals surface area contributed by atoms with E-state index in [1.165, 1.54) is 0 Å². The van der Waals surface area contributed by atoms with Crippen molar-refractivity contribution >= 4 is 23.4 Å². The Labute approximate surface area is 125 Å². The van der Waals surface area contributed by atoms with Crippen molar-refractivity contribution in [1.82, 2.24) is 0 Å². The van der Waals surface area contributed by atoms with Crippen LogP contribution in [0.3, 0.4) is 0 Å². The Hall–Kier alpha value is -1.37. The van der Waals surface area contributed by atoms with Gasteiger partial charge in [-0.1, -0.05) is 23.9 Å². The first kappa shape index (κ1) is 16.0. The topological polar surface area (TPSA) is 38.3 Å². The average molecular weight is 319 g/mol. The second-order valence-corrected chi connectivity index (χ2v) is 6.05. The van der Waals surface area contributed by atoms with Gasteiger partial charge in [-0.25, -0.2) is 0 Å². The van der Waals surface area contributed by atoms with Gasteiger partial charge >= 0.3 is 12.1 Å². The fourth-order valence-corrected chi connectivity index (χ4v) is 3.46. The summed E-state index contributed by atoms with van der Waals surface area (Å²) in [6.07, 6.45) is -4.49. The molecule has 1 N–H and O–H groups in total. The van der Waals surface area contributed by atoms with Gasteiger partial charge in [0, 0.05) is 17.0 Å². The number of hydrogen-bond acceptors (Lipinski definition) is 4. The second-order valence-electron chi connectivity index (χ2n) is 4.71. The minimum Gasteiger partial charge on any atom is -0.466 e. The maximum absolute atomic E-state index is 13.5. The second kappa shape index (κ2) is 6.17. The molecule has 2 rings (SSSR count). The first-order valence-electron chi connectivity index (χ1n) is 6.66. The first-order chi connectivity index (χ1) is 9.88. The molecule has 1 aliphatic heterocycles. The largest absolute Gasteiger partial charge is 0.466 e. The van der Waals surface area contributed by atoms with E-state index in [9.17, 15) is 18.0 Å². The Morgan fingerprint density at radius 3 is 2.71 bits per heavy atom. The van der Waals surface area contributed by atoms with Crippen LogP contribution in [0, 0.1) is 0 Å². The Morgan fingerprint density at radius 2 is 2.10 bits per heavy atom. The van der Waals surface area contributed by atoms with E-state index in [1.54, 1.807) is 31.2 Å². The molecule has 21 heavy (non-hydrogen) atoms. The molecule has 1 aromatic carbocycles. The molecule has 1 aliphatic rings. The smallest absolute Gasteiger partial charge is 0.421 e. The lowest BCUT2D eigenvalue weighted by Crippen LogP contribution is -2.46. The number of para-hydroxylation sites is 1. The quantitative estimate of drug-likeness (QED) is 0.826. The summed E-state index contributed by atoms with van der Waals surface area (Å²) in [5.41, 5.74) is 0.482. The highest BCUT2D eigenvalue weighted by atomic mass is 32.2. The summed E-state index contributed by atoms with van der Waals surface area (Å²) >= 11 is 0.767. The van der Waals surface area contributed by atoms with Gasteiger partial charge in [-0.05, 0) is 31.9 Å². The van der Waals surface area contributed by atoms with Crippen LogP contribution in [0.25, 0.3) is 0 Å². The summed E-state index contributed by atoms with van der Waals surface area (Å²) in [5, 5.41) is 2.58. The van der Waals surface area contributed by atoms with Crippen LogP contribution < -0.4 is 5.32 Å². The van der Waals surface area contributed by atoms with Crippen LogP contribution in [-0.2, 0) is 9.53 Å². The molecule has 0 saturated heterocycles. The highest BCUT2D eigenvalue weighted by Crippen LogP contribution is 2.55. The Morgan fingerprint density at radius 1 is 1.38 bits per heavy atom. The molecule has 0 aromatic heterocycles. The zero-order valence-corrected chi connectivity index (χ0v) is 12.3. The molecule has 0 aliphatic carbocycles. The molecule has 1 heterocycles. The number of carbonyl (C=O) groups excluding carboxylic acids is 1. The highest BCUT2D eigenvalue weighted by molar-refractivity contribution is 8.01. The average Bonchev–Trinajstić information content (AvgIpc) is 2.78. The predicted octanol–water partition coefficient (Wildman–Crippen LogP) is 4.20. The molecule has 116 valence electrons. The molecule has 0 amide bonds. The van der Waals surface area contributed by atoms with Crippen molar-refractivity contribution in [2.45, 2.75) is 42.1 Å². The van der Waals surface area contributed by atoms with Gasteiger partial charge in [-0.15, -0.1) is 0 Å². The predicted molar refractivity (Wildman–Crippen MR) is 75.2 cm³/mol. The Bertz CT molecular complexity index is 494. The van der Waals surface area contributed by atoms with Crippen molar-refractivity contribution in [1.29, 1.82) is 0 Å². The molecule has 0 radical (unpaired) electrons. The third-order valence-electron chi connectivity index (χ3n) is 3.18. The maximum Gasteiger partial charge on any atom is 0.421 e. The van der Waals surface area contributed by atoms with Crippen molar-refractivity contribution in [2.24, 2.45) is 0 Å². The molecule has 0 spiro atoms. The molecule has 0 bridgehead atoms. The van der Waals surface area contributed by atoms with Gasteiger partial charge in [0.25, 0.3) is 0 Å². The summed E-state index contributed by atoms with van der Waals surface area (Å²) in [6.45, 7) is 1.90. The van der Waals surface area contributed by atoms with Crippen LogP contribution in [0.5, 0.6) is 0 Å². The first-order valence-corrected chi connectivity index (χ1v) is 7.48. The number of anilines is 1. The van der Waals surface area contributed by atoms with E-state index in [2.05, 4.69) is 5.32 Å². The van der Waals surface area contributed by atoms with Gasteiger partial charge in [0.1, 0.15) is 0 Å². The zero-order chi connectivity index (χ0) is 15.5. The standard InChI is InChI=1S/C14H16F3NO2S/c1-2-20-12(19)8-5-9-13(14(15,16)17)18-10-6-3-4-7-11(10)21-13/h3-4,6-7,18H,2,5,8-9H2,1H3/t13-/m0/s1. The zero-order valence-electron chi connectivity index (χ0n) is 11.5. The summed E-state index contributed by atoms with van der Waals surface area (Å²) in [6, 6.07) is 6.68. The number of thioether (sulfide) groups is 1. The van der Waals surface area contributed by atoms with Crippen molar-refractivity contribution in [3.05, 3.63) is 24.3 Å². The number of nitrogens with one attached hydrogen (secondary N) is 1. The van der Waals surface area contributed by atoms with Gasteiger partial charge < -0.3 is 10.1 Å². The number of alkyl halides is 3. The van der Waals surface area contributed by atoms with Crippen LogP contribution in [0.2, 0.25) is 0 Å². The van der Waals surface area contributed by atoms with Crippen LogP contribution >= 0.6 is 11.8 Å². The third-order valence-corrected chi connectivity index (χ3v) is 4.64. The third kappa shape index (κ3) is 3.45. The molecule has 0 fully saturated rings. The van der Waals surface area contributed by atoms with Crippen molar-refractivity contribution in [3.8, 4) is 0 Å². The van der Waals surface area contributed by atoms with Crippen LogP contribution in [0.4, 0.5) is 18.9 Å². The number of halogens is 3. The SMILES string of the molecule is CCOC(=O)CCC[C@]1(C(F)(F)F)Nc2ccccc2S1. The number of fused-ring (bicyclic) bond motifs is 1. The van der Waals surface area contributed by atoms with Gasteiger partial charge in [0.05, 0.1) is 6.61 Å². The lowest BCUT2D eigenvalue weighted by Gasteiger charge is -2.31. The monoisotopic (exact) mass is 319 g/mol. The minimum atomic E-state index is -4.41. The van der Waals surface area contributed by atoms with E-state index in [-0.39, 0.29) is 25.9 Å². The van der Waals surface area contributed by atoms with Gasteiger partial charge in [-0.2, -0.15) is 13.2 Å². The number of hydrogen-bond donors (Lipinski definition) is 1. The van der Waals surface area contributed by atoms with E-state index in [4.69, 9.17) is 4.74 Å². The van der Waals surface area contributed by atoms with Crippen LogP contribution in [0.15, 0.2) is 29.2 Å². The fourth-order valence-electron chi connectivity index (χ4n) is 2.19. The number of ether oxygens (including phenoxy) is 1. The Kier molecular flexibility index (Phi) is 4.70. The van der Waals surface area contributed by atoms with E-state index in [1.807, 2.05) is 0 Å². The normalized spacial score (nSPS) is 20.8. The summed E-state index contributed by atoms with van der Waals surface area (Å²) in [4.78, 5) is 9.77. The lowest BCUT2D eigenvalue weighted by molar-refractivity contribution is -0.155. The molecule has 7 heteroatoms. The van der Waals surface area contributed by atoms with Crippen LogP contribution in [-0.4, -0.2) is 23.6 Å². The van der Waals surface area contributed by atoms with Crippen molar-refractivity contribution in [3.63, 3.8) is 0 Å². The van der Waals surface area contributed by atoms with E-state index in [0.717, 1.165) is 11.8 Å². The molecule has 3 nitrogen and oxygen atoms in total. The summed E-state index contributed by atoms with van der Waals surface area (Å²) < 4.78 is 45.1. The lowest BCUT2D eigenvalue weighted by atomic mass is 10.1. The van der Waals surface area contributed by atoms with Gasteiger partial charge in [0.15, 0.2) is 4.87 Å².